The molecular formula is C18H18N2O2. The number of carbonyl (C=O) groups is 1. The number of ether oxygens (including phenoxy) is 1. The molecule has 0 unspecified atom stereocenters. The van der Waals surface area contributed by atoms with Crippen molar-refractivity contribution in [2.45, 2.75) is 12.6 Å². The maximum atomic E-state index is 12.1. The number of carbonyl (C=O) groups excluding carboxylic acids is 1. The van der Waals surface area contributed by atoms with E-state index in [2.05, 4.69) is 16.4 Å². The number of fused-ring (bicyclic) bond motifs is 1. The Bertz CT molecular complexity index is 765. The molecule has 3 aromatic rings. The van der Waals surface area contributed by atoms with Crippen LogP contribution < -0.4 is 5.32 Å². The summed E-state index contributed by atoms with van der Waals surface area (Å²) in [5.41, 5.74) is 3.13. The number of aromatic amines is 1. The van der Waals surface area contributed by atoms with Gasteiger partial charge in [0, 0.05) is 23.6 Å². The monoisotopic (exact) mass is 294 g/mol. The van der Waals surface area contributed by atoms with E-state index in [0.717, 1.165) is 22.0 Å². The molecule has 0 bridgehead atoms. The first-order valence-corrected chi connectivity index (χ1v) is 7.21. The van der Waals surface area contributed by atoms with Crippen LogP contribution in [0.2, 0.25) is 0 Å². The molecule has 112 valence electrons. The van der Waals surface area contributed by atoms with Crippen LogP contribution in [-0.4, -0.2) is 18.1 Å². The maximum absolute atomic E-state index is 12.1. The van der Waals surface area contributed by atoms with Crippen molar-refractivity contribution in [2.75, 3.05) is 7.11 Å². The SMILES string of the molecule is COC(=O)[C@@H](NCc1cccc2[nH]ccc12)c1ccccc1. The van der Waals surface area contributed by atoms with Crippen LogP contribution in [0.1, 0.15) is 17.2 Å². The lowest BCUT2D eigenvalue weighted by Gasteiger charge is -2.17. The third kappa shape index (κ3) is 2.87. The molecule has 0 aliphatic carbocycles. The third-order valence-electron chi connectivity index (χ3n) is 3.75. The zero-order chi connectivity index (χ0) is 15.4. The van der Waals surface area contributed by atoms with Crippen molar-refractivity contribution in [2.24, 2.45) is 0 Å². The van der Waals surface area contributed by atoms with Crippen molar-refractivity contribution in [3.05, 3.63) is 71.9 Å². The van der Waals surface area contributed by atoms with Crippen molar-refractivity contribution >= 4 is 16.9 Å². The van der Waals surface area contributed by atoms with E-state index in [1.807, 2.05) is 54.7 Å². The van der Waals surface area contributed by atoms with E-state index >= 15 is 0 Å². The van der Waals surface area contributed by atoms with Gasteiger partial charge in [-0.3, -0.25) is 5.32 Å². The molecule has 3 rings (SSSR count). The van der Waals surface area contributed by atoms with Crippen LogP contribution in [0.4, 0.5) is 0 Å². The summed E-state index contributed by atoms with van der Waals surface area (Å²) in [4.78, 5) is 15.3. The fraction of sp³-hybridized carbons (Fsp3) is 0.167. The van der Waals surface area contributed by atoms with E-state index in [1.54, 1.807) is 0 Å². The lowest BCUT2D eigenvalue weighted by Crippen LogP contribution is -2.29. The third-order valence-corrected chi connectivity index (χ3v) is 3.75. The Kier molecular flexibility index (Phi) is 4.21. The lowest BCUT2D eigenvalue weighted by molar-refractivity contribution is -0.143. The minimum Gasteiger partial charge on any atom is -0.468 e. The van der Waals surface area contributed by atoms with Gasteiger partial charge in [-0.25, -0.2) is 4.79 Å². The van der Waals surface area contributed by atoms with E-state index in [9.17, 15) is 4.79 Å². The van der Waals surface area contributed by atoms with Crippen molar-refractivity contribution in [1.29, 1.82) is 0 Å². The molecule has 2 N–H and O–H groups in total. The van der Waals surface area contributed by atoms with Gasteiger partial charge in [-0.15, -0.1) is 0 Å². The fourth-order valence-corrected chi connectivity index (χ4v) is 2.62. The predicted octanol–water partition coefficient (Wildman–Crippen LogP) is 3.17. The first kappa shape index (κ1) is 14.4. The second-order valence-electron chi connectivity index (χ2n) is 5.10. The van der Waals surface area contributed by atoms with Crippen LogP contribution in [0.5, 0.6) is 0 Å². The Morgan fingerprint density at radius 1 is 1.14 bits per heavy atom. The zero-order valence-corrected chi connectivity index (χ0v) is 12.4. The van der Waals surface area contributed by atoms with E-state index in [1.165, 1.54) is 7.11 Å². The molecule has 0 saturated heterocycles. The van der Waals surface area contributed by atoms with Gasteiger partial charge in [0.05, 0.1) is 7.11 Å². The highest BCUT2D eigenvalue weighted by Crippen LogP contribution is 2.20. The number of hydrogen-bond acceptors (Lipinski definition) is 3. The van der Waals surface area contributed by atoms with Crippen molar-refractivity contribution in [1.82, 2.24) is 10.3 Å². The van der Waals surface area contributed by atoms with Crippen LogP contribution in [0.25, 0.3) is 10.9 Å². The highest BCUT2D eigenvalue weighted by Gasteiger charge is 2.20. The van der Waals surface area contributed by atoms with Crippen molar-refractivity contribution in [3.63, 3.8) is 0 Å². The second kappa shape index (κ2) is 6.45. The summed E-state index contributed by atoms with van der Waals surface area (Å²) in [6.07, 6.45) is 1.92. The summed E-state index contributed by atoms with van der Waals surface area (Å²) in [6.45, 7) is 0.587. The summed E-state index contributed by atoms with van der Waals surface area (Å²) in [6, 6.07) is 17.3. The fourth-order valence-electron chi connectivity index (χ4n) is 2.62. The molecule has 1 atom stereocenters. The van der Waals surface area contributed by atoms with Gasteiger partial charge in [0.1, 0.15) is 6.04 Å². The molecule has 0 amide bonds. The number of methoxy groups -OCH3 is 1. The van der Waals surface area contributed by atoms with E-state index < -0.39 is 6.04 Å². The summed E-state index contributed by atoms with van der Waals surface area (Å²) >= 11 is 0. The summed E-state index contributed by atoms with van der Waals surface area (Å²) < 4.78 is 4.92. The van der Waals surface area contributed by atoms with Crippen LogP contribution in [-0.2, 0) is 16.1 Å². The molecule has 0 spiro atoms. The number of H-pyrrole nitrogens is 1. The Morgan fingerprint density at radius 3 is 2.73 bits per heavy atom. The lowest BCUT2D eigenvalue weighted by atomic mass is 10.1. The van der Waals surface area contributed by atoms with Gasteiger partial charge < -0.3 is 9.72 Å². The van der Waals surface area contributed by atoms with Crippen molar-refractivity contribution in [3.8, 4) is 0 Å². The quantitative estimate of drug-likeness (QED) is 0.711. The molecule has 0 aliphatic heterocycles. The second-order valence-corrected chi connectivity index (χ2v) is 5.10. The van der Waals surface area contributed by atoms with E-state index in [4.69, 9.17) is 4.74 Å². The summed E-state index contributed by atoms with van der Waals surface area (Å²) in [5, 5.41) is 4.46. The number of benzene rings is 2. The summed E-state index contributed by atoms with van der Waals surface area (Å²) in [5.74, 6) is -0.285. The van der Waals surface area contributed by atoms with Gasteiger partial charge >= 0.3 is 5.97 Å². The van der Waals surface area contributed by atoms with Crippen LogP contribution >= 0.6 is 0 Å². The average Bonchev–Trinajstić information content (AvgIpc) is 3.05. The minimum absolute atomic E-state index is 0.285. The van der Waals surface area contributed by atoms with Crippen LogP contribution in [0, 0.1) is 0 Å². The van der Waals surface area contributed by atoms with Gasteiger partial charge in [-0.1, -0.05) is 42.5 Å². The predicted molar refractivity (Wildman–Crippen MR) is 86.3 cm³/mol. The molecule has 1 heterocycles. The zero-order valence-electron chi connectivity index (χ0n) is 12.4. The molecule has 0 radical (unpaired) electrons. The molecular weight excluding hydrogens is 276 g/mol. The molecule has 0 fully saturated rings. The van der Waals surface area contributed by atoms with Gasteiger partial charge in [-0.05, 0) is 23.3 Å². The van der Waals surface area contributed by atoms with Gasteiger partial charge in [0.15, 0.2) is 0 Å². The molecule has 0 aliphatic rings. The van der Waals surface area contributed by atoms with E-state index in [-0.39, 0.29) is 5.97 Å². The van der Waals surface area contributed by atoms with Crippen LogP contribution in [0.3, 0.4) is 0 Å². The van der Waals surface area contributed by atoms with E-state index in [0.29, 0.717) is 6.54 Å². The first-order valence-electron chi connectivity index (χ1n) is 7.21. The first-order chi connectivity index (χ1) is 10.8. The Labute approximate surface area is 129 Å². The highest BCUT2D eigenvalue weighted by atomic mass is 16.5. The average molecular weight is 294 g/mol. The minimum atomic E-state index is -0.472. The molecule has 0 saturated carbocycles. The normalized spacial score (nSPS) is 12.2. The van der Waals surface area contributed by atoms with Gasteiger partial charge in [0.2, 0.25) is 0 Å². The Hall–Kier alpha value is -2.59. The van der Waals surface area contributed by atoms with Crippen LogP contribution in [0.15, 0.2) is 60.8 Å². The Morgan fingerprint density at radius 2 is 1.95 bits per heavy atom. The molecule has 4 nitrogen and oxygen atoms in total. The smallest absolute Gasteiger partial charge is 0.327 e. The molecule has 1 aromatic heterocycles. The van der Waals surface area contributed by atoms with Crippen molar-refractivity contribution < 1.29 is 9.53 Å². The number of aromatic nitrogens is 1. The Balaban J connectivity index is 1.82. The van der Waals surface area contributed by atoms with Gasteiger partial charge in [0.25, 0.3) is 0 Å². The molecule has 2 aromatic carbocycles. The number of rotatable bonds is 5. The number of nitrogens with one attached hydrogen (secondary N) is 2. The topological polar surface area (TPSA) is 54.1 Å². The summed E-state index contributed by atoms with van der Waals surface area (Å²) in [7, 11) is 1.41. The largest absolute Gasteiger partial charge is 0.468 e. The number of esters is 1. The molecule has 22 heavy (non-hydrogen) atoms. The number of hydrogen-bond donors (Lipinski definition) is 2. The maximum Gasteiger partial charge on any atom is 0.327 e. The van der Waals surface area contributed by atoms with Gasteiger partial charge in [-0.2, -0.15) is 0 Å². The standard InChI is InChI=1S/C18H18N2O2/c1-22-18(21)17(13-6-3-2-4-7-13)20-12-14-8-5-9-16-15(14)10-11-19-16/h2-11,17,19-20H,12H2,1H3/t17-/m0/s1. The molecule has 4 heteroatoms. The highest BCUT2D eigenvalue weighted by molar-refractivity contribution is 5.83.